The fourth-order valence-corrected chi connectivity index (χ4v) is 10.0. The van der Waals surface area contributed by atoms with Gasteiger partial charge in [0.05, 0.1) is 11.4 Å². The van der Waals surface area contributed by atoms with Crippen LogP contribution in [0.1, 0.15) is 84.8 Å². The van der Waals surface area contributed by atoms with Crippen LogP contribution in [0.2, 0.25) is 0 Å². The summed E-state index contributed by atoms with van der Waals surface area (Å²) in [5.41, 5.74) is 15.3. The molecule has 8 N–H and O–H groups in total. The SMILES string of the molecule is NC(N)=N[C@@]1(CCCO)Oc2ccc(cc2)CC[C@@H](S(=O)(=O)O)C2C=C3C[C@H](C[C@H]4C[C@@H](CO)CC#Cc5cc(O)ccc5[C@@H]3O4)[C@H]2c2ccc1cc2. The number of fused-ring (bicyclic) bond motifs is 7. The van der Waals surface area contributed by atoms with Crippen LogP contribution in [-0.4, -0.2) is 58.8 Å². The average Bonchev–Trinajstić information content (AvgIpc) is 3.25. The molecule has 0 aromatic heterocycles. The number of nitrogens with two attached hydrogens (primary N) is 2. The number of nitrogens with zero attached hydrogens (tertiary/aromatic N) is 1. The zero-order chi connectivity index (χ0) is 37.3. The standard InChI is InChI=1S/C41H47N3O8S/c42-40(43)44-41(17-2-18-45)31-10-8-27(9-11-31)38-29-20-30(23-36(38)37(53(48,49)50)16-7-25-5-13-33(52-41)14-6-25)39-35-15-12-32(47)21-28(35)4-1-3-26(24-46)19-34(22-29)51-39/h5-6,8-15,21,23,26,29,34,36-39,45-47H,2-3,7,16-20,22,24H2,(H4,42,43,44)(H,48,49,50)/t26-,29+,34+,36?,37+,38+,39+,41-/m0/s1. The highest BCUT2D eigenvalue weighted by atomic mass is 32.2. The van der Waals surface area contributed by atoms with Crippen LogP contribution in [0.5, 0.6) is 11.5 Å². The van der Waals surface area contributed by atoms with Crippen molar-refractivity contribution in [2.24, 2.45) is 34.2 Å². The van der Waals surface area contributed by atoms with Crippen LogP contribution in [0.25, 0.3) is 0 Å². The first-order chi connectivity index (χ1) is 25.5. The lowest BCUT2D eigenvalue weighted by Gasteiger charge is -2.40. The number of hydrogen-bond donors (Lipinski definition) is 6. The molecule has 0 amide bonds. The van der Waals surface area contributed by atoms with Crippen molar-refractivity contribution in [3.8, 4) is 23.3 Å². The van der Waals surface area contributed by atoms with Crippen molar-refractivity contribution in [2.45, 2.75) is 80.5 Å². The quantitative estimate of drug-likeness (QED) is 0.0671. The molecule has 8 atom stereocenters. The number of aromatic hydroxyl groups is 1. The zero-order valence-electron chi connectivity index (χ0n) is 29.5. The first-order valence-electron chi connectivity index (χ1n) is 18.3. The molecule has 8 bridgehead atoms. The van der Waals surface area contributed by atoms with Gasteiger partial charge in [0.2, 0.25) is 5.72 Å². The van der Waals surface area contributed by atoms with Gasteiger partial charge in [0.25, 0.3) is 10.1 Å². The Morgan fingerprint density at radius 3 is 2.49 bits per heavy atom. The van der Waals surface area contributed by atoms with Gasteiger partial charge in [-0.25, -0.2) is 4.99 Å². The topological polar surface area (TPSA) is 198 Å². The summed E-state index contributed by atoms with van der Waals surface area (Å²) in [6.07, 6.45) is 4.57. The van der Waals surface area contributed by atoms with Gasteiger partial charge in [0.1, 0.15) is 17.6 Å². The van der Waals surface area contributed by atoms with Crippen LogP contribution in [0, 0.1) is 29.6 Å². The Bertz CT molecular complexity index is 2040. The summed E-state index contributed by atoms with van der Waals surface area (Å²) < 4.78 is 51.6. The fourth-order valence-electron chi connectivity index (χ4n) is 8.94. The lowest BCUT2D eigenvalue weighted by atomic mass is 9.66. The first kappa shape index (κ1) is 37.0. The molecule has 3 aromatic carbocycles. The number of hydrogen-bond acceptors (Lipinski definition) is 8. The van der Waals surface area contributed by atoms with E-state index in [0.717, 1.165) is 22.3 Å². The fraction of sp³-hybridized carbons (Fsp3) is 0.439. The van der Waals surface area contributed by atoms with Crippen LogP contribution >= 0.6 is 0 Å². The van der Waals surface area contributed by atoms with E-state index in [4.69, 9.17) is 20.9 Å². The molecule has 6 aliphatic heterocycles. The molecular formula is C41H47N3O8S. The molecule has 12 heteroatoms. The number of aliphatic hydroxyl groups excluding tert-OH is 2. The molecule has 280 valence electrons. The van der Waals surface area contributed by atoms with Gasteiger partial charge in [-0.05, 0) is 97.2 Å². The van der Waals surface area contributed by atoms with E-state index in [2.05, 4.69) is 16.8 Å². The molecule has 11 nitrogen and oxygen atoms in total. The van der Waals surface area contributed by atoms with Crippen LogP contribution in [0.15, 0.2) is 83.4 Å². The molecule has 0 saturated carbocycles. The summed E-state index contributed by atoms with van der Waals surface area (Å²) in [5, 5.41) is 29.5. The van der Waals surface area contributed by atoms with Gasteiger partial charge in [-0.1, -0.05) is 60.4 Å². The van der Waals surface area contributed by atoms with Crippen molar-refractivity contribution in [2.75, 3.05) is 13.2 Å². The van der Waals surface area contributed by atoms with Crippen molar-refractivity contribution in [3.63, 3.8) is 0 Å². The minimum atomic E-state index is -4.56. The average molecular weight is 742 g/mol. The Balaban J connectivity index is 1.43. The van der Waals surface area contributed by atoms with Gasteiger partial charge < -0.3 is 36.3 Å². The summed E-state index contributed by atoms with van der Waals surface area (Å²) in [5.74, 6) is 5.62. The number of phenolic OH excluding ortho intramolecular Hbond substituents is 1. The third-order valence-corrected chi connectivity index (χ3v) is 12.6. The molecule has 0 radical (unpaired) electrons. The van der Waals surface area contributed by atoms with Crippen LogP contribution in [-0.2, 0) is 27.0 Å². The second kappa shape index (κ2) is 15.2. The third kappa shape index (κ3) is 7.81. The van der Waals surface area contributed by atoms with Gasteiger partial charge in [-0.15, -0.1) is 0 Å². The summed E-state index contributed by atoms with van der Waals surface area (Å²) in [6.45, 7) is -0.160. The van der Waals surface area contributed by atoms with Crippen molar-refractivity contribution in [1.29, 1.82) is 0 Å². The molecule has 1 unspecified atom stereocenters. The molecule has 10 rings (SSSR count). The zero-order valence-corrected chi connectivity index (χ0v) is 30.3. The number of ether oxygens (including phenoxy) is 2. The number of aryl methyl sites for hydroxylation is 1. The smallest absolute Gasteiger partial charge is 0.268 e. The van der Waals surface area contributed by atoms with E-state index in [-0.39, 0.29) is 61.6 Å². The summed E-state index contributed by atoms with van der Waals surface area (Å²) in [6, 6.07) is 20.1. The Kier molecular flexibility index (Phi) is 10.6. The first-order valence-corrected chi connectivity index (χ1v) is 19.8. The molecule has 1 saturated heterocycles. The molecule has 6 heterocycles. The number of benzene rings is 3. The maximum atomic E-state index is 13.5. The van der Waals surface area contributed by atoms with E-state index < -0.39 is 33.1 Å². The van der Waals surface area contributed by atoms with Crippen molar-refractivity contribution >= 4 is 16.1 Å². The normalized spacial score (nSPS) is 29.3. The molecule has 1 aliphatic carbocycles. The van der Waals surface area contributed by atoms with Gasteiger partial charge >= 0.3 is 0 Å². The Hall–Kier alpha value is -4.38. The van der Waals surface area contributed by atoms with E-state index in [9.17, 15) is 28.3 Å². The lowest BCUT2D eigenvalue weighted by molar-refractivity contribution is -0.0131. The number of aliphatic hydroxyl groups is 2. The number of guanidine groups is 1. The van der Waals surface area contributed by atoms with E-state index in [1.165, 1.54) is 0 Å². The predicted octanol–water partition coefficient (Wildman–Crippen LogP) is 4.80. The van der Waals surface area contributed by atoms with Gasteiger partial charge in [0.15, 0.2) is 5.96 Å². The highest BCUT2D eigenvalue weighted by molar-refractivity contribution is 7.86. The highest BCUT2D eigenvalue weighted by Gasteiger charge is 2.47. The third-order valence-electron chi connectivity index (χ3n) is 11.3. The summed E-state index contributed by atoms with van der Waals surface area (Å²) in [4.78, 5) is 4.59. The number of rotatable bonds is 6. The largest absolute Gasteiger partial charge is 0.508 e. The Morgan fingerprint density at radius 2 is 1.79 bits per heavy atom. The molecule has 0 spiro atoms. The minimum absolute atomic E-state index is 0.0609. The van der Waals surface area contributed by atoms with Crippen LogP contribution in [0.3, 0.4) is 0 Å². The molecule has 7 aliphatic rings. The lowest BCUT2D eigenvalue weighted by Crippen LogP contribution is -2.39. The van der Waals surface area contributed by atoms with Crippen LogP contribution < -0.4 is 16.2 Å². The highest BCUT2D eigenvalue weighted by Crippen LogP contribution is 2.53. The number of aliphatic imine (C=N–C) groups is 1. The summed E-state index contributed by atoms with van der Waals surface area (Å²) >= 11 is 0. The maximum absolute atomic E-state index is 13.5. The molecule has 53 heavy (non-hydrogen) atoms. The minimum Gasteiger partial charge on any atom is -0.508 e. The van der Waals surface area contributed by atoms with Crippen molar-refractivity contribution < 1.29 is 37.8 Å². The van der Waals surface area contributed by atoms with Crippen molar-refractivity contribution in [3.05, 3.63) is 106 Å². The second-order valence-electron chi connectivity index (χ2n) is 14.9. The second-order valence-corrected chi connectivity index (χ2v) is 16.5. The Morgan fingerprint density at radius 1 is 1.02 bits per heavy atom. The van der Waals surface area contributed by atoms with Gasteiger partial charge in [-0.2, -0.15) is 8.42 Å². The van der Waals surface area contributed by atoms with E-state index in [0.29, 0.717) is 55.4 Å². The molecule has 1 fully saturated rings. The summed E-state index contributed by atoms with van der Waals surface area (Å²) in [7, 11) is -4.56. The number of allylic oxidation sites excluding steroid dienone is 1. The number of phenols is 1. The monoisotopic (exact) mass is 741 g/mol. The van der Waals surface area contributed by atoms with Gasteiger partial charge in [-0.3, -0.25) is 4.55 Å². The molecule has 3 aromatic rings. The van der Waals surface area contributed by atoms with E-state index in [1.807, 2.05) is 48.5 Å². The predicted molar refractivity (Wildman–Crippen MR) is 200 cm³/mol. The van der Waals surface area contributed by atoms with Crippen LogP contribution in [0.4, 0.5) is 0 Å². The Labute approximate surface area is 310 Å². The van der Waals surface area contributed by atoms with E-state index >= 15 is 0 Å². The van der Waals surface area contributed by atoms with E-state index in [1.54, 1.807) is 24.3 Å². The molecular weight excluding hydrogens is 695 g/mol. The van der Waals surface area contributed by atoms with Crippen molar-refractivity contribution in [1.82, 2.24) is 0 Å². The maximum Gasteiger partial charge on any atom is 0.268 e. The van der Waals surface area contributed by atoms with Gasteiger partial charge in [0, 0.05) is 48.7 Å².